The third kappa shape index (κ3) is 3.95. The fourth-order valence-corrected chi connectivity index (χ4v) is 9.00. The van der Waals surface area contributed by atoms with E-state index in [0.29, 0.717) is 59.8 Å². The molecule has 240 valence electrons. The molecule has 4 heterocycles. The molecule has 0 radical (unpaired) electrons. The number of fused-ring (bicyclic) bond motifs is 3. The zero-order chi connectivity index (χ0) is 32.5. The number of alkyl halides is 2. The summed E-state index contributed by atoms with van der Waals surface area (Å²) in [6.07, 6.45) is 8.35. The van der Waals surface area contributed by atoms with Gasteiger partial charge >= 0.3 is 5.91 Å². The van der Waals surface area contributed by atoms with Gasteiger partial charge < -0.3 is 16.0 Å². The van der Waals surface area contributed by atoms with Crippen molar-refractivity contribution < 1.29 is 27.6 Å². The summed E-state index contributed by atoms with van der Waals surface area (Å²) in [6, 6.07) is 10.2. The van der Waals surface area contributed by atoms with Crippen molar-refractivity contribution >= 4 is 35.3 Å². The van der Waals surface area contributed by atoms with Crippen LogP contribution in [0.15, 0.2) is 77.7 Å². The van der Waals surface area contributed by atoms with Crippen molar-refractivity contribution in [2.75, 3.05) is 22.9 Å². The van der Waals surface area contributed by atoms with Crippen LogP contribution in [-0.2, 0) is 20.9 Å². The molecular weight excluding hydrogens is 602 g/mol. The monoisotopic (exact) mass is 637 g/mol. The minimum absolute atomic E-state index is 0.106. The Morgan fingerprint density at radius 2 is 1.83 bits per heavy atom. The normalized spacial score (nSPS) is 31.8. The lowest BCUT2D eigenvalue weighted by Gasteiger charge is -2.53. The Bertz CT molecular complexity index is 1910. The molecule has 3 fully saturated rings. The Morgan fingerprint density at radius 3 is 2.55 bits per heavy atom. The van der Waals surface area contributed by atoms with Crippen LogP contribution in [-0.4, -0.2) is 70.0 Å². The maximum absolute atomic E-state index is 15.4. The van der Waals surface area contributed by atoms with Crippen LogP contribution in [0.25, 0.3) is 0 Å². The highest BCUT2D eigenvalue weighted by Crippen LogP contribution is 2.59. The smallest absolute Gasteiger partial charge is 0.342 e. The van der Waals surface area contributed by atoms with Gasteiger partial charge in [0.1, 0.15) is 25.2 Å². The van der Waals surface area contributed by atoms with E-state index in [1.165, 1.54) is 6.21 Å². The molecule has 0 bridgehead atoms. The van der Waals surface area contributed by atoms with Crippen molar-refractivity contribution in [1.82, 2.24) is 4.90 Å². The molecule has 11 heteroatoms. The van der Waals surface area contributed by atoms with Crippen LogP contribution in [0, 0.1) is 5.41 Å². The number of hydrogen-bond donors (Lipinski definition) is 2. The molecule has 9 nitrogen and oxygen atoms in total. The molecule has 0 aromatic heterocycles. The largest absolute Gasteiger partial charge is 0.402 e. The summed E-state index contributed by atoms with van der Waals surface area (Å²) in [5, 5.41) is 8.29. The summed E-state index contributed by atoms with van der Waals surface area (Å²) < 4.78 is 28.9. The van der Waals surface area contributed by atoms with Crippen LogP contribution in [0.3, 0.4) is 0 Å². The molecule has 2 aromatic rings. The summed E-state index contributed by atoms with van der Waals surface area (Å²) in [7, 11) is 0. The average molecular weight is 638 g/mol. The molecule has 9 rings (SSSR count). The van der Waals surface area contributed by atoms with Gasteiger partial charge in [0.25, 0.3) is 11.8 Å². The number of hydrogen-bond acceptors (Lipinski definition) is 6. The van der Waals surface area contributed by atoms with E-state index >= 15 is 9.59 Å². The predicted octanol–water partition coefficient (Wildman–Crippen LogP) is 4.44. The highest BCUT2D eigenvalue weighted by Gasteiger charge is 2.72. The van der Waals surface area contributed by atoms with E-state index in [9.17, 15) is 13.6 Å². The van der Waals surface area contributed by atoms with Gasteiger partial charge in [-0.1, -0.05) is 48.6 Å². The van der Waals surface area contributed by atoms with Gasteiger partial charge in [0.15, 0.2) is 6.04 Å². The number of amides is 3. The first-order valence-electron chi connectivity index (χ1n) is 16.3. The number of halogens is 2. The number of allylic oxidation sites excluding steroid dienone is 4. The molecule has 47 heavy (non-hydrogen) atoms. The quantitative estimate of drug-likeness (QED) is 0.211. The average Bonchev–Trinajstić information content (AvgIpc) is 3.95. The number of quaternary nitrogens is 1. The summed E-state index contributed by atoms with van der Waals surface area (Å²) >= 11 is 0. The van der Waals surface area contributed by atoms with Gasteiger partial charge in [-0.05, 0) is 42.5 Å². The molecule has 1 spiro atoms. The summed E-state index contributed by atoms with van der Waals surface area (Å²) in [5.74, 6) is -3.71. The lowest BCUT2D eigenvalue weighted by atomic mass is 9.80. The van der Waals surface area contributed by atoms with Gasteiger partial charge in [-0.3, -0.25) is 19.4 Å². The zero-order valence-corrected chi connectivity index (χ0v) is 25.8. The van der Waals surface area contributed by atoms with Gasteiger partial charge in [-0.25, -0.2) is 18.1 Å². The SMILES string of the molecule is N=Cc1cccc2c1N1CC13CC(=O)N(C1=CCCC(N)=C1)C3C(=O)N2C1C(=O)[N+](CC2=CC2)(C2CC(F)(F)C2)Cc2ccccc21. The molecule has 1 saturated carbocycles. The van der Waals surface area contributed by atoms with Crippen molar-refractivity contribution in [3.8, 4) is 0 Å². The fourth-order valence-electron chi connectivity index (χ4n) is 9.00. The fraction of sp³-hybridized carbons (Fsp3) is 0.389. The third-order valence-electron chi connectivity index (χ3n) is 11.4. The minimum atomic E-state index is -2.83. The summed E-state index contributed by atoms with van der Waals surface area (Å²) in [5.41, 5.74) is 10.8. The van der Waals surface area contributed by atoms with Crippen molar-refractivity contribution in [3.63, 3.8) is 0 Å². The Kier molecular flexibility index (Phi) is 5.76. The number of carbonyl (C=O) groups excluding carboxylic acids is 3. The minimum Gasteiger partial charge on any atom is -0.402 e. The number of rotatable bonds is 6. The lowest BCUT2D eigenvalue weighted by molar-refractivity contribution is -0.899. The van der Waals surface area contributed by atoms with Gasteiger partial charge in [0.2, 0.25) is 5.91 Å². The van der Waals surface area contributed by atoms with Gasteiger partial charge in [-0.2, -0.15) is 0 Å². The van der Waals surface area contributed by atoms with E-state index in [1.807, 2.05) is 41.3 Å². The van der Waals surface area contributed by atoms with Crippen LogP contribution in [0.4, 0.5) is 20.2 Å². The van der Waals surface area contributed by atoms with Gasteiger partial charge in [0.05, 0.1) is 36.2 Å². The number of nitrogens with zero attached hydrogens (tertiary/aromatic N) is 4. The number of nitrogens with one attached hydrogen (secondary N) is 1. The maximum atomic E-state index is 15.4. The molecule has 3 aliphatic carbocycles. The van der Waals surface area contributed by atoms with Crippen molar-refractivity contribution in [2.45, 2.75) is 74.7 Å². The van der Waals surface area contributed by atoms with E-state index in [2.05, 4.69) is 0 Å². The molecule has 2 saturated heterocycles. The van der Waals surface area contributed by atoms with Crippen LogP contribution in [0.5, 0.6) is 0 Å². The molecule has 4 unspecified atom stereocenters. The zero-order valence-electron chi connectivity index (χ0n) is 25.8. The first-order chi connectivity index (χ1) is 22.6. The van der Waals surface area contributed by atoms with Crippen LogP contribution >= 0.6 is 0 Å². The number of nitrogens with two attached hydrogens (primary N) is 1. The second-order valence-corrected chi connectivity index (χ2v) is 14.3. The van der Waals surface area contributed by atoms with E-state index in [-0.39, 0.29) is 42.1 Å². The topological polar surface area (TPSA) is 111 Å². The highest BCUT2D eigenvalue weighted by molar-refractivity contribution is 6.14. The predicted molar refractivity (Wildman–Crippen MR) is 170 cm³/mol. The van der Waals surface area contributed by atoms with E-state index < -0.39 is 35.5 Å². The number of para-hydroxylation sites is 1. The van der Waals surface area contributed by atoms with Crippen molar-refractivity contribution in [1.29, 1.82) is 5.41 Å². The Labute approximate surface area is 270 Å². The Hall–Kier alpha value is -4.64. The van der Waals surface area contributed by atoms with E-state index in [1.54, 1.807) is 34.1 Å². The molecule has 4 aliphatic heterocycles. The number of benzene rings is 2. The molecule has 3 N–H and O–H groups in total. The molecule has 4 atom stereocenters. The molecule has 7 aliphatic rings. The van der Waals surface area contributed by atoms with Crippen LogP contribution in [0.2, 0.25) is 0 Å². The second kappa shape index (κ2) is 9.47. The van der Waals surface area contributed by atoms with Crippen molar-refractivity contribution in [3.05, 3.63) is 94.4 Å². The van der Waals surface area contributed by atoms with Gasteiger partial charge in [-0.15, -0.1) is 0 Å². The molecule has 3 amide bonds. The molecular formula is C36H35F2N6O3+. The maximum Gasteiger partial charge on any atom is 0.342 e. The second-order valence-electron chi connectivity index (χ2n) is 14.3. The third-order valence-corrected chi connectivity index (χ3v) is 11.4. The van der Waals surface area contributed by atoms with Crippen LogP contribution in [0.1, 0.15) is 61.3 Å². The standard InChI is InChI=1S/C36H35F2N6O3/c37-36(38)14-26(15-36)44(18-21-11-12-21)19-23-5-1-2-9-27(23)31(34(44)47)43-28-10-3-6-22(17-39)30(28)41-20-35(41)16-29(45)42(32(35)33(43)46)25-8-4-7-24(40)13-25/h1-3,5-6,8-11,13,17,26,31-32,39H,4,7,12,14-16,18-20,40H2/q+1. The van der Waals surface area contributed by atoms with E-state index in [4.69, 9.17) is 11.1 Å². The number of carbonyl (C=O) groups is 3. The lowest BCUT2D eigenvalue weighted by Crippen LogP contribution is -2.70. The number of anilines is 2. The summed E-state index contributed by atoms with van der Waals surface area (Å²) in [4.78, 5) is 49.8. The first-order valence-corrected chi connectivity index (χ1v) is 16.3. The summed E-state index contributed by atoms with van der Waals surface area (Å²) in [6.45, 7) is 1.06. The Morgan fingerprint density at radius 1 is 1.04 bits per heavy atom. The Balaban J connectivity index is 1.26. The number of likely N-dealkylation sites (tertiary alicyclic amines) is 1. The van der Waals surface area contributed by atoms with Crippen molar-refractivity contribution in [2.24, 2.45) is 5.73 Å². The highest BCUT2D eigenvalue weighted by atomic mass is 19.3. The van der Waals surface area contributed by atoms with E-state index in [0.717, 1.165) is 17.6 Å². The van der Waals surface area contributed by atoms with Gasteiger partial charge in [0, 0.05) is 35.3 Å². The first kappa shape index (κ1) is 28.6. The molecule has 2 aromatic carbocycles. The van der Waals surface area contributed by atoms with Crippen LogP contribution < -0.4 is 15.5 Å².